The number of hydrogen-bond donors (Lipinski definition) is 2. The molecule has 1 saturated heterocycles. The van der Waals surface area contributed by atoms with Crippen LogP contribution in [0.4, 0.5) is 0 Å². The van der Waals surface area contributed by atoms with Crippen molar-refractivity contribution in [1.82, 2.24) is 5.32 Å². The molecule has 0 saturated carbocycles. The lowest BCUT2D eigenvalue weighted by atomic mass is 9.85. The second-order valence-corrected chi connectivity index (χ2v) is 6.37. The lowest BCUT2D eigenvalue weighted by molar-refractivity contribution is -0.0143. The molecule has 0 aromatic heterocycles. The number of rotatable bonds is 1. The Morgan fingerprint density at radius 1 is 1.40 bits per heavy atom. The molecule has 2 heterocycles. The number of aliphatic hydroxyl groups excluding tert-OH is 1. The van der Waals surface area contributed by atoms with Gasteiger partial charge in [0.15, 0.2) is 0 Å². The Morgan fingerprint density at radius 2 is 2.20 bits per heavy atom. The number of hydrogen-bond acceptors (Lipinski definition) is 3. The van der Waals surface area contributed by atoms with Crippen LogP contribution in [0.2, 0.25) is 10.0 Å². The van der Waals surface area contributed by atoms with Gasteiger partial charge in [-0.3, -0.25) is 0 Å². The summed E-state index contributed by atoms with van der Waals surface area (Å²) in [5.41, 5.74) is 1.34. The van der Waals surface area contributed by atoms with Gasteiger partial charge in [0, 0.05) is 34.3 Å². The summed E-state index contributed by atoms with van der Waals surface area (Å²) in [6.45, 7) is 3.29. The number of ether oxygens (including phenoxy) is 1. The Balaban J connectivity index is 1.99. The first-order valence-corrected chi connectivity index (χ1v) is 7.52. The smallest absolute Gasteiger partial charge is 0.118 e. The maximum Gasteiger partial charge on any atom is 0.118 e. The normalized spacial score (nSPS) is 30.2. The third kappa shape index (κ3) is 2.33. The van der Waals surface area contributed by atoms with Crippen LogP contribution in [0, 0.1) is 0 Å². The molecule has 3 nitrogen and oxygen atoms in total. The van der Waals surface area contributed by atoms with Crippen molar-refractivity contribution in [2.75, 3.05) is 13.2 Å². The molecule has 2 atom stereocenters. The fourth-order valence-electron chi connectivity index (χ4n) is 3.13. The summed E-state index contributed by atoms with van der Waals surface area (Å²) in [7, 11) is 0. The summed E-state index contributed by atoms with van der Waals surface area (Å²) < 4.78 is 5.58. The van der Waals surface area contributed by atoms with E-state index in [1.165, 1.54) is 0 Å². The minimum absolute atomic E-state index is 0.137. The summed E-state index contributed by atoms with van der Waals surface area (Å²) in [5.74, 6) is 0.400. The predicted octanol–water partition coefficient (Wildman–Crippen LogP) is 3.80. The van der Waals surface area contributed by atoms with E-state index in [1.807, 2.05) is 13.0 Å². The molecule has 0 amide bonds. The molecule has 2 N–H and O–H groups in total. The first-order chi connectivity index (χ1) is 9.52. The Kier molecular flexibility index (Phi) is 3.71. The number of nitrogens with one attached hydrogen (secondary N) is 1. The van der Waals surface area contributed by atoms with Crippen LogP contribution >= 0.6 is 23.2 Å². The first kappa shape index (κ1) is 14.2. The van der Waals surface area contributed by atoms with E-state index in [2.05, 4.69) is 5.32 Å². The minimum Gasteiger partial charge on any atom is -0.510 e. The van der Waals surface area contributed by atoms with Crippen LogP contribution in [0.15, 0.2) is 24.0 Å². The van der Waals surface area contributed by atoms with Gasteiger partial charge in [-0.2, -0.15) is 0 Å². The molecule has 0 radical (unpaired) electrons. The van der Waals surface area contributed by atoms with Gasteiger partial charge in [0.1, 0.15) is 5.76 Å². The van der Waals surface area contributed by atoms with Crippen molar-refractivity contribution in [3.8, 4) is 0 Å². The molecule has 1 spiro atoms. The maximum absolute atomic E-state index is 10.7. The molecule has 2 aliphatic rings. The van der Waals surface area contributed by atoms with Gasteiger partial charge in [-0.25, -0.2) is 0 Å². The van der Waals surface area contributed by atoms with Gasteiger partial charge in [-0.15, -0.1) is 0 Å². The van der Waals surface area contributed by atoms with Crippen LogP contribution in [0.3, 0.4) is 0 Å². The Bertz CT molecular complexity index is 573. The monoisotopic (exact) mass is 313 g/mol. The van der Waals surface area contributed by atoms with E-state index in [-0.39, 0.29) is 11.6 Å². The van der Waals surface area contributed by atoms with E-state index in [0.29, 0.717) is 29.0 Å². The quantitative estimate of drug-likeness (QED) is 0.828. The first-order valence-electron chi connectivity index (χ1n) is 6.76. The molecular weight excluding hydrogens is 297 g/mol. The topological polar surface area (TPSA) is 41.5 Å². The Labute approximate surface area is 128 Å². The van der Waals surface area contributed by atoms with Crippen molar-refractivity contribution < 1.29 is 9.84 Å². The molecule has 2 unspecified atom stereocenters. The molecular formula is C15H17Cl2NO2. The molecule has 5 heteroatoms. The number of aliphatic hydroxyl groups is 1. The van der Waals surface area contributed by atoms with Crippen molar-refractivity contribution in [3.05, 3.63) is 39.6 Å². The van der Waals surface area contributed by atoms with Gasteiger partial charge in [-0.1, -0.05) is 29.3 Å². The van der Waals surface area contributed by atoms with E-state index in [9.17, 15) is 5.11 Å². The minimum atomic E-state index is -0.365. The van der Waals surface area contributed by atoms with Crippen LogP contribution in [0.1, 0.15) is 25.3 Å². The van der Waals surface area contributed by atoms with Crippen molar-refractivity contribution in [1.29, 1.82) is 0 Å². The molecule has 2 aliphatic heterocycles. The largest absolute Gasteiger partial charge is 0.510 e. The molecule has 1 fully saturated rings. The van der Waals surface area contributed by atoms with E-state index < -0.39 is 0 Å². The highest BCUT2D eigenvalue weighted by molar-refractivity contribution is 6.35. The maximum atomic E-state index is 10.7. The zero-order valence-corrected chi connectivity index (χ0v) is 12.8. The van der Waals surface area contributed by atoms with Crippen molar-refractivity contribution in [3.63, 3.8) is 0 Å². The Hall–Kier alpha value is -0.740. The summed E-state index contributed by atoms with van der Waals surface area (Å²) >= 11 is 12.2. The average Bonchev–Trinajstić information content (AvgIpc) is 2.68. The fourth-order valence-corrected chi connectivity index (χ4v) is 3.66. The SMILES string of the molecule is CC1CC2(CCO1)NCC(c1ccc(Cl)cc1Cl)=C2O. The number of benzene rings is 1. The highest BCUT2D eigenvalue weighted by atomic mass is 35.5. The lowest BCUT2D eigenvalue weighted by Crippen LogP contribution is -2.49. The summed E-state index contributed by atoms with van der Waals surface area (Å²) in [5, 5.41) is 15.3. The second-order valence-electron chi connectivity index (χ2n) is 5.52. The summed E-state index contributed by atoms with van der Waals surface area (Å²) in [4.78, 5) is 0. The summed E-state index contributed by atoms with van der Waals surface area (Å²) in [6, 6.07) is 5.36. The van der Waals surface area contributed by atoms with E-state index in [1.54, 1.807) is 12.1 Å². The fraction of sp³-hybridized carbons (Fsp3) is 0.467. The highest BCUT2D eigenvalue weighted by Crippen LogP contribution is 2.40. The summed E-state index contributed by atoms with van der Waals surface area (Å²) in [6.07, 6.45) is 1.68. The molecule has 1 aromatic carbocycles. The van der Waals surface area contributed by atoms with Crippen molar-refractivity contribution in [2.24, 2.45) is 0 Å². The molecule has 3 rings (SSSR count). The molecule has 0 aliphatic carbocycles. The van der Waals surface area contributed by atoms with E-state index in [0.717, 1.165) is 24.0 Å². The van der Waals surface area contributed by atoms with E-state index >= 15 is 0 Å². The van der Waals surface area contributed by atoms with Gasteiger partial charge < -0.3 is 15.2 Å². The average molecular weight is 314 g/mol. The van der Waals surface area contributed by atoms with Crippen LogP contribution in [-0.4, -0.2) is 29.9 Å². The van der Waals surface area contributed by atoms with Crippen LogP contribution < -0.4 is 5.32 Å². The van der Waals surface area contributed by atoms with Gasteiger partial charge >= 0.3 is 0 Å². The zero-order chi connectivity index (χ0) is 14.3. The lowest BCUT2D eigenvalue weighted by Gasteiger charge is -2.37. The Morgan fingerprint density at radius 3 is 2.90 bits per heavy atom. The standard InChI is InChI=1S/C15H17Cl2NO2/c1-9-7-15(4-5-20-9)14(19)12(8-18-15)11-3-2-10(16)6-13(11)17/h2-3,6,9,18-19H,4-5,7-8H2,1H3. The third-order valence-electron chi connectivity index (χ3n) is 4.17. The molecule has 20 heavy (non-hydrogen) atoms. The number of halogens is 2. The van der Waals surface area contributed by atoms with Gasteiger partial charge in [-0.05, 0) is 31.9 Å². The second kappa shape index (κ2) is 5.23. The van der Waals surface area contributed by atoms with Crippen molar-refractivity contribution >= 4 is 28.8 Å². The molecule has 1 aromatic rings. The van der Waals surface area contributed by atoms with Crippen LogP contribution in [0.25, 0.3) is 5.57 Å². The van der Waals surface area contributed by atoms with E-state index in [4.69, 9.17) is 27.9 Å². The van der Waals surface area contributed by atoms with Crippen LogP contribution in [0.5, 0.6) is 0 Å². The van der Waals surface area contributed by atoms with Gasteiger partial charge in [0.2, 0.25) is 0 Å². The van der Waals surface area contributed by atoms with Crippen LogP contribution in [-0.2, 0) is 4.74 Å². The van der Waals surface area contributed by atoms with Gasteiger partial charge in [0.05, 0.1) is 11.6 Å². The van der Waals surface area contributed by atoms with Crippen molar-refractivity contribution in [2.45, 2.75) is 31.4 Å². The molecule has 0 bridgehead atoms. The predicted molar refractivity (Wildman–Crippen MR) is 81.4 cm³/mol. The molecule has 108 valence electrons. The highest BCUT2D eigenvalue weighted by Gasteiger charge is 2.44. The van der Waals surface area contributed by atoms with Gasteiger partial charge in [0.25, 0.3) is 0 Å². The zero-order valence-electron chi connectivity index (χ0n) is 11.2. The third-order valence-corrected chi connectivity index (χ3v) is 4.71.